The van der Waals surface area contributed by atoms with Crippen molar-refractivity contribution in [2.45, 2.75) is 20.8 Å². The predicted molar refractivity (Wildman–Crippen MR) is 63.5 cm³/mol. The van der Waals surface area contributed by atoms with E-state index in [4.69, 9.17) is 0 Å². The first-order valence-corrected chi connectivity index (χ1v) is 5.20. The Kier molecular flexibility index (Phi) is 2.42. The van der Waals surface area contributed by atoms with E-state index in [1.165, 1.54) is 10.2 Å². The molecule has 2 aromatic rings. The molecule has 0 aliphatic heterocycles. The van der Waals surface area contributed by atoms with Crippen LogP contribution in [0.1, 0.15) is 16.8 Å². The number of H-pyrrole nitrogens is 1. The lowest BCUT2D eigenvalue weighted by atomic mass is 10.1. The van der Waals surface area contributed by atoms with Gasteiger partial charge in [0.25, 0.3) is 5.56 Å². The largest absolute Gasteiger partial charge is 0.294 e. The fourth-order valence-electron chi connectivity index (χ4n) is 1.72. The Balaban J connectivity index is 2.64. The van der Waals surface area contributed by atoms with Crippen molar-refractivity contribution >= 4 is 0 Å². The smallest absolute Gasteiger partial charge is 0.266 e. The van der Waals surface area contributed by atoms with Gasteiger partial charge < -0.3 is 0 Å². The highest BCUT2D eigenvalue weighted by molar-refractivity contribution is 5.59. The number of hydrogen-bond acceptors (Lipinski definition) is 2. The summed E-state index contributed by atoms with van der Waals surface area (Å²) in [5, 5.41) is 2.99. The Morgan fingerprint density at radius 2 is 1.88 bits per heavy atom. The summed E-state index contributed by atoms with van der Waals surface area (Å²) in [7, 11) is 1.70. The molecule has 2 aromatic heterocycles. The van der Waals surface area contributed by atoms with E-state index >= 15 is 0 Å². The van der Waals surface area contributed by atoms with Crippen molar-refractivity contribution in [1.29, 1.82) is 0 Å². The molecule has 2 heterocycles. The Morgan fingerprint density at radius 1 is 1.19 bits per heavy atom. The molecule has 4 heteroatoms. The van der Waals surface area contributed by atoms with E-state index in [0.717, 1.165) is 22.6 Å². The van der Waals surface area contributed by atoms with Gasteiger partial charge in [-0.3, -0.25) is 19.6 Å². The van der Waals surface area contributed by atoms with E-state index in [1.807, 2.05) is 20.8 Å². The highest BCUT2D eigenvalue weighted by Gasteiger charge is 2.09. The quantitative estimate of drug-likeness (QED) is 0.790. The van der Waals surface area contributed by atoms with E-state index in [1.54, 1.807) is 13.1 Å². The van der Waals surface area contributed by atoms with Crippen LogP contribution in [-0.2, 0) is 7.05 Å². The zero-order chi connectivity index (χ0) is 11.9. The number of rotatable bonds is 1. The topological polar surface area (TPSA) is 50.7 Å². The van der Waals surface area contributed by atoms with Crippen molar-refractivity contribution in [3.8, 4) is 11.4 Å². The van der Waals surface area contributed by atoms with E-state index in [0.29, 0.717) is 0 Å². The number of nitrogens with one attached hydrogen (secondary N) is 1. The number of hydrogen-bond donors (Lipinski definition) is 1. The molecule has 0 aliphatic carbocycles. The Hall–Kier alpha value is -1.84. The molecule has 2 rings (SSSR count). The molecular formula is C12H15N3O. The van der Waals surface area contributed by atoms with Gasteiger partial charge in [-0.25, -0.2) is 0 Å². The van der Waals surface area contributed by atoms with Crippen molar-refractivity contribution in [3.05, 3.63) is 39.3 Å². The van der Waals surface area contributed by atoms with Crippen molar-refractivity contribution < 1.29 is 0 Å². The van der Waals surface area contributed by atoms with Gasteiger partial charge in [-0.05, 0) is 31.9 Å². The molecule has 16 heavy (non-hydrogen) atoms. The molecule has 0 amide bonds. The van der Waals surface area contributed by atoms with Gasteiger partial charge in [0.2, 0.25) is 0 Å². The second-order valence-electron chi connectivity index (χ2n) is 4.12. The first-order valence-electron chi connectivity index (χ1n) is 5.20. The fraction of sp³-hybridized carbons (Fsp3) is 0.333. The molecule has 0 unspecified atom stereocenters. The standard InChI is InChI=1S/C12H15N3O/c1-7-5-8(2)12(13-9(7)3)10-6-11(16)15(4)14-10/h5-6,14H,1-4H3. The normalized spacial score (nSPS) is 10.8. The Bertz CT molecular complexity index is 593. The highest BCUT2D eigenvalue weighted by Crippen LogP contribution is 2.20. The second kappa shape index (κ2) is 3.63. The summed E-state index contributed by atoms with van der Waals surface area (Å²) in [6.45, 7) is 6.01. The molecule has 1 N–H and O–H groups in total. The number of aryl methyl sites for hydroxylation is 4. The van der Waals surface area contributed by atoms with Crippen LogP contribution in [0.5, 0.6) is 0 Å². The first-order chi connectivity index (χ1) is 7.49. The monoisotopic (exact) mass is 217 g/mol. The SMILES string of the molecule is Cc1cc(C)c(-c2cc(=O)n(C)[nH]2)nc1C. The number of aromatic amines is 1. The maximum Gasteiger partial charge on any atom is 0.266 e. The minimum atomic E-state index is -0.0468. The third-order valence-electron chi connectivity index (χ3n) is 2.80. The lowest BCUT2D eigenvalue weighted by molar-refractivity contribution is 0.741. The molecule has 0 bridgehead atoms. The zero-order valence-electron chi connectivity index (χ0n) is 9.96. The number of aromatic nitrogens is 3. The molecule has 0 saturated carbocycles. The molecule has 0 radical (unpaired) electrons. The van der Waals surface area contributed by atoms with Crippen LogP contribution in [0.4, 0.5) is 0 Å². The van der Waals surface area contributed by atoms with Crippen molar-refractivity contribution in [1.82, 2.24) is 14.8 Å². The van der Waals surface area contributed by atoms with Gasteiger partial charge in [-0.15, -0.1) is 0 Å². The number of nitrogens with zero attached hydrogens (tertiary/aromatic N) is 2. The van der Waals surface area contributed by atoms with Gasteiger partial charge >= 0.3 is 0 Å². The maximum atomic E-state index is 11.4. The van der Waals surface area contributed by atoms with Gasteiger partial charge in [0.15, 0.2) is 0 Å². The van der Waals surface area contributed by atoms with Crippen LogP contribution in [0, 0.1) is 20.8 Å². The van der Waals surface area contributed by atoms with Crippen LogP contribution in [0.3, 0.4) is 0 Å². The lowest BCUT2D eigenvalue weighted by Crippen LogP contribution is -2.09. The van der Waals surface area contributed by atoms with Gasteiger partial charge in [-0.1, -0.05) is 6.07 Å². The van der Waals surface area contributed by atoms with Crippen molar-refractivity contribution in [2.24, 2.45) is 7.05 Å². The Morgan fingerprint density at radius 3 is 2.44 bits per heavy atom. The van der Waals surface area contributed by atoms with E-state index in [-0.39, 0.29) is 5.56 Å². The average molecular weight is 217 g/mol. The zero-order valence-corrected chi connectivity index (χ0v) is 9.96. The van der Waals surface area contributed by atoms with Crippen LogP contribution in [0.2, 0.25) is 0 Å². The van der Waals surface area contributed by atoms with Crippen LogP contribution >= 0.6 is 0 Å². The van der Waals surface area contributed by atoms with Gasteiger partial charge in [0.05, 0.1) is 11.4 Å². The summed E-state index contributed by atoms with van der Waals surface area (Å²) >= 11 is 0. The van der Waals surface area contributed by atoms with E-state index < -0.39 is 0 Å². The third kappa shape index (κ3) is 1.66. The van der Waals surface area contributed by atoms with Crippen molar-refractivity contribution in [3.63, 3.8) is 0 Å². The van der Waals surface area contributed by atoms with Crippen LogP contribution < -0.4 is 5.56 Å². The first kappa shape index (κ1) is 10.7. The van der Waals surface area contributed by atoms with Gasteiger partial charge in [0, 0.05) is 18.8 Å². The molecule has 0 saturated heterocycles. The van der Waals surface area contributed by atoms with Crippen molar-refractivity contribution in [2.75, 3.05) is 0 Å². The average Bonchev–Trinajstić information content (AvgIpc) is 2.53. The second-order valence-corrected chi connectivity index (χ2v) is 4.12. The molecule has 84 valence electrons. The van der Waals surface area contributed by atoms with Crippen LogP contribution in [-0.4, -0.2) is 14.8 Å². The summed E-state index contributed by atoms with van der Waals surface area (Å²) in [4.78, 5) is 15.9. The van der Waals surface area contributed by atoms with E-state index in [9.17, 15) is 4.79 Å². The van der Waals surface area contributed by atoms with Crippen LogP contribution in [0.25, 0.3) is 11.4 Å². The molecule has 4 nitrogen and oxygen atoms in total. The summed E-state index contributed by atoms with van der Waals surface area (Å²) in [6, 6.07) is 3.66. The molecular weight excluding hydrogens is 202 g/mol. The summed E-state index contributed by atoms with van der Waals surface area (Å²) in [5.74, 6) is 0. The third-order valence-corrected chi connectivity index (χ3v) is 2.80. The predicted octanol–water partition coefficient (Wildman–Crippen LogP) is 1.70. The molecule has 0 fully saturated rings. The Labute approximate surface area is 93.9 Å². The fourth-order valence-corrected chi connectivity index (χ4v) is 1.72. The molecule has 0 aliphatic rings. The molecule has 0 aromatic carbocycles. The summed E-state index contributed by atoms with van der Waals surface area (Å²) < 4.78 is 1.45. The summed E-state index contributed by atoms with van der Waals surface area (Å²) in [5.41, 5.74) is 4.80. The molecule has 0 spiro atoms. The number of pyridine rings is 1. The van der Waals surface area contributed by atoms with Gasteiger partial charge in [-0.2, -0.15) is 0 Å². The van der Waals surface area contributed by atoms with Gasteiger partial charge in [0.1, 0.15) is 0 Å². The summed E-state index contributed by atoms with van der Waals surface area (Å²) in [6.07, 6.45) is 0. The molecule has 0 atom stereocenters. The lowest BCUT2D eigenvalue weighted by Gasteiger charge is -2.06. The highest BCUT2D eigenvalue weighted by atomic mass is 16.1. The van der Waals surface area contributed by atoms with E-state index in [2.05, 4.69) is 16.1 Å². The minimum Gasteiger partial charge on any atom is -0.294 e. The minimum absolute atomic E-state index is 0.0468. The van der Waals surface area contributed by atoms with Crippen LogP contribution in [0.15, 0.2) is 16.9 Å². The maximum absolute atomic E-state index is 11.4.